The largest absolute Gasteiger partial charge is 0.497 e. The van der Waals surface area contributed by atoms with Crippen molar-refractivity contribution in [1.29, 1.82) is 0 Å². The summed E-state index contributed by atoms with van der Waals surface area (Å²) in [6, 6.07) is 8.13. The second kappa shape index (κ2) is 15.6. The van der Waals surface area contributed by atoms with Gasteiger partial charge in [0.2, 0.25) is 17.7 Å². The van der Waals surface area contributed by atoms with E-state index in [1.165, 1.54) is 11.6 Å². The van der Waals surface area contributed by atoms with Gasteiger partial charge in [-0.3, -0.25) is 19.2 Å². The molecule has 36 heavy (non-hydrogen) atoms. The number of piperazine rings is 1. The third-order valence-electron chi connectivity index (χ3n) is 6.31. The fourth-order valence-corrected chi connectivity index (χ4v) is 4.22. The molecule has 1 N–H and O–H groups in total. The first kappa shape index (κ1) is 30.7. The molecule has 4 rings (SSSR count). The van der Waals surface area contributed by atoms with Gasteiger partial charge in [-0.1, -0.05) is 39.5 Å². The second-order valence-electron chi connectivity index (χ2n) is 8.35. The zero-order chi connectivity index (χ0) is 27.1. The number of carboxylic acid groups (broad SMARTS) is 1. The highest BCUT2D eigenvalue weighted by Crippen LogP contribution is 2.45. The van der Waals surface area contributed by atoms with Crippen molar-refractivity contribution in [2.45, 2.75) is 58.4 Å². The molecule has 1 aromatic carbocycles. The zero-order valence-corrected chi connectivity index (χ0v) is 22.1. The normalized spacial score (nSPS) is 16.9. The molecule has 0 unspecified atom stereocenters. The number of ether oxygens (including phenoxy) is 1. The first-order valence-corrected chi connectivity index (χ1v) is 12.6. The molecule has 3 aliphatic rings. The summed E-state index contributed by atoms with van der Waals surface area (Å²) in [5.41, 5.74) is 0.662. The highest BCUT2D eigenvalue weighted by Gasteiger charge is 2.59. The van der Waals surface area contributed by atoms with Crippen LogP contribution in [0.1, 0.15) is 52.0 Å². The number of aryl methyl sites for hydroxylation is 1. The lowest BCUT2D eigenvalue weighted by Gasteiger charge is -2.40. The van der Waals surface area contributed by atoms with Crippen molar-refractivity contribution in [3.05, 3.63) is 42.5 Å². The standard InChI is InChI=1S/C15H21N3O3.C9H12O.C2H6.CH2O2/c1-2-12(19)18-10-9-17(14(21)15(18)5-6-15)11-13(20)16-7-3-4-8-16;1-3-8-4-6-9(10-2)7-5-8;1-2;2-1-3/h2H,1,3-11H2;4-7H,3H2,1-2H3;1-2H3;1H,(H,2,3). The fraction of sp³-hybridized carbons (Fsp3) is 0.556. The van der Waals surface area contributed by atoms with Crippen molar-refractivity contribution < 1.29 is 29.0 Å². The van der Waals surface area contributed by atoms with Crippen LogP contribution in [0.2, 0.25) is 0 Å². The molecule has 200 valence electrons. The lowest BCUT2D eigenvalue weighted by molar-refractivity contribution is -0.154. The third-order valence-corrected chi connectivity index (χ3v) is 6.31. The number of rotatable bonds is 5. The van der Waals surface area contributed by atoms with Crippen LogP contribution in [0.5, 0.6) is 5.75 Å². The Morgan fingerprint density at radius 3 is 2.08 bits per heavy atom. The number of hydrogen-bond acceptors (Lipinski definition) is 5. The maximum Gasteiger partial charge on any atom is 0.290 e. The SMILES string of the molecule is C=CC(=O)N1CCN(CC(=O)N2CCCC2)C(=O)C12CC2.CC.CCc1ccc(OC)cc1.O=CO. The summed E-state index contributed by atoms with van der Waals surface area (Å²) in [7, 11) is 1.68. The predicted molar refractivity (Wildman–Crippen MR) is 139 cm³/mol. The van der Waals surface area contributed by atoms with Gasteiger partial charge in [0.15, 0.2) is 0 Å². The van der Waals surface area contributed by atoms with Crippen molar-refractivity contribution in [3.63, 3.8) is 0 Å². The zero-order valence-electron chi connectivity index (χ0n) is 22.1. The molecule has 1 aliphatic carbocycles. The van der Waals surface area contributed by atoms with E-state index in [2.05, 4.69) is 25.6 Å². The number of carbonyl (C=O) groups is 4. The van der Waals surface area contributed by atoms with E-state index < -0.39 is 5.54 Å². The van der Waals surface area contributed by atoms with Crippen molar-refractivity contribution >= 4 is 24.2 Å². The van der Waals surface area contributed by atoms with Crippen LogP contribution < -0.4 is 4.74 Å². The average Bonchev–Trinajstić information content (AvgIpc) is 3.50. The number of methoxy groups -OCH3 is 1. The summed E-state index contributed by atoms with van der Waals surface area (Å²) in [6.45, 7) is 12.1. The van der Waals surface area contributed by atoms with E-state index in [1.54, 1.807) is 16.9 Å². The Bertz CT molecular complexity index is 838. The Hall–Kier alpha value is -3.36. The lowest BCUT2D eigenvalue weighted by atomic mass is 10.1. The molecule has 9 heteroatoms. The molecule has 2 heterocycles. The number of likely N-dealkylation sites (tertiary alicyclic amines) is 1. The van der Waals surface area contributed by atoms with Gasteiger partial charge in [-0.2, -0.15) is 0 Å². The van der Waals surface area contributed by atoms with Crippen molar-refractivity contribution in [2.24, 2.45) is 0 Å². The van der Waals surface area contributed by atoms with Crippen LogP contribution in [0.4, 0.5) is 0 Å². The van der Waals surface area contributed by atoms with Gasteiger partial charge in [0.05, 0.1) is 13.7 Å². The number of benzene rings is 1. The first-order chi connectivity index (χ1) is 17.4. The summed E-state index contributed by atoms with van der Waals surface area (Å²) >= 11 is 0. The monoisotopic (exact) mass is 503 g/mol. The molecule has 1 aromatic rings. The maximum absolute atomic E-state index is 12.6. The van der Waals surface area contributed by atoms with E-state index in [0.717, 1.165) is 38.1 Å². The van der Waals surface area contributed by atoms with Gasteiger partial charge in [-0.05, 0) is 55.9 Å². The van der Waals surface area contributed by atoms with E-state index in [4.69, 9.17) is 14.6 Å². The smallest absolute Gasteiger partial charge is 0.290 e. The molecule has 0 radical (unpaired) electrons. The molecule has 0 bridgehead atoms. The fourth-order valence-electron chi connectivity index (χ4n) is 4.22. The molecule has 0 atom stereocenters. The van der Waals surface area contributed by atoms with Gasteiger partial charge in [0.1, 0.15) is 11.3 Å². The van der Waals surface area contributed by atoms with Gasteiger partial charge in [-0.25, -0.2) is 0 Å². The van der Waals surface area contributed by atoms with E-state index in [0.29, 0.717) is 25.9 Å². The summed E-state index contributed by atoms with van der Waals surface area (Å²) in [4.78, 5) is 50.1. The van der Waals surface area contributed by atoms with Crippen LogP contribution in [-0.2, 0) is 25.6 Å². The van der Waals surface area contributed by atoms with Gasteiger partial charge in [-0.15, -0.1) is 0 Å². The van der Waals surface area contributed by atoms with Crippen LogP contribution >= 0.6 is 0 Å². The minimum absolute atomic E-state index is 0.0279. The number of hydrogen-bond donors (Lipinski definition) is 1. The molecule has 2 aliphatic heterocycles. The van der Waals surface area contributed by atoms with Crippen LogP contribution in [0.25, 0.3) is 0 Å². The van der Waals surface area contributed by atoms with E-state index in [9.17, 15) is 14.4 Å². The number of amides is 3. The van der Waals surface area contributed by atoms with Gasteiger partial charge in [0.25, 0.3) is 6.47 Å². The van der Waals surface area contributed by atoms with E-state index in [1.807, 2.05) is 30.9 Å². The summed E-state index contributed by atoms with van der Waals surface area (Å²) in [5, 5.41) is 6.89. The highest BCUT2D eigenvalue weighted by atomic mass is 16.5. The molecular formula is C27H41N3O6. The number of carbonyl (C=O) groups excluding carboxylic acids is 3. The minimum Gasteiger partial charge on any atom is -0.497 e. The van der Waals surface area contributed by atoms with Crippen molar-refractivity contribution in [3.8, 4) is 5.75 Å². The molecule has 9 nitrogen and oxygen atoms in total. The first-order valence-electron chi connectivity index (χ1n) is 12.6. The molecule has 2 saturated heterocycles. The van der Waals surface area contributed by atoms with Crippen LogP contribution in [-0.4, -0.2) is 89.4 Å². The predicted octanol–water partition coefficient (Wildman–Crippen LogP) is 2.98. The Labute approximate surface area is 214 Å². The number of nitrogens with zero attached hydrogens (tertiary/aromatic N) is 3. The van der Waals surface area contributed by atoms with Crippen LogP contribution in [0.15, 0.2) is 36.9 Å². The Morgan fingerprint density at radius 1 is 1.08 bits per heavy atom. The Balaban J connectivity index is 0.000000361. The van der Waals surface area contributed by atoms with Crippen molar-refractivity contribution in [2.75, 3.05) is 39.8 Å². The highest BCUT2D eigenvalue weighted by molar-refractivity contribution is 5.99. The third kappa shape index (κ3) is 8.10. The van der Waals surface area contributed by atoms with Gasteiger partial charge >= 0.3 is 0 Å². The molecule has 0 aromatic heterocycles. The minimum atomic E-state index is -0.686. The molecule has 1 saturated carbocycles. The Morgan fingerprint density at radius 2 is 1.64 bits per heavy atom. The summed E-state index contributed by atoms with van der Waals surface area (Å²) in [5.74, 6) is 0.695. The topological polar surface area (TPSA) is 107 Å². The Kier molecular flexibility index (Phi) is 13.3. The van der Waals surface area contributed by atoms with E-state index in [-0.39, 0.29) is 30.7 Å². The van der Waals surface area contributed by atoms with Gasteiger partial charge < -0.3 is 24.5 Å². The molecule has 3 fully saturated rings. The molecular weight excluding hydrogens is 462 g/mol. The van der Waals surface area contributed by atoms with Gasteiger partial charge in [0, 0.05) is 26.2 Å². The molecule has 3 amide bonds. The second-order valence-corrected chi connectivity index (χ2v) is 8.35. The molecule has 1 spiro atoms. The van der Waals surface area contributed by atoms with Crippen molar-refractivity contribution in [1.82, 2.24) is 14.7 Å². The summed E-state index contributed by atoms with van der Waals surface area (Å²) < 4.78 is 5.01. The maximum atomic E-state index is 12.6. The van der Waals surface area contributed by atoms with E-state index >= 15 is 0 Å². The quantitative estimate of drug-likeness (QED) is 0.489. The van der Waals surface area contributed by atoms with Crippen LogP contribution in [0.3, 0.4) is 0 Å². The average molecular weight is 504 g/mol. The summed E-state index contributed by atoms with van der Waals surface area (Å²) in [6.07, 6.45) is 5.83. The lowest BCUT2D eigenvalue weighted by Crippen LogP contribution is -2.61. The van der Waals surface area contributed by atoms with Crippen LogP contribution in [0, 0.1) is 0 Å².